The zero-order valence-corrected chi connectivity index (χ0v) is 12.0. The Morgan fingerprint density at radius 2 is 1.95 bits per heavy atom. The van der Waals surface area contributed by atoms with Gasteiger partial charge in [0.05, 0.1) is 0 Å². The van der Waals surface area contributed by atoms with E-state index in [0.29, 0.717) is 24.4 Å². The zero-order chi connectivity index (χ0) is 14.8. The summed E-state index contributed by atoms with van der Waals surface area (Å²) in [5.41, 5.74) is 0.740. The van der Waals surface area contributed by atoms with Gasteiger partial charge in [0, 0.05) is 37.7 Å². The number of aromatic hydroxyl groups is 1. The van der Waals surface area contributed by atoms with Crippen LogP contribution < -0.4 is 5.32 Å². The van der Waals surface area contributed by atoms with Crippen LogP contribution >= 0.6 is 0 Å². The molecular weight excluding hydrogens is 271 g/mol. The molecule has 1 aliphatic carbocycles. The first-order valence-electron chi connectivity index (χ1n) is 7.62. The first-order valence-corrected chi connectivity index (χ1v) is 7.62. The highest BCUT2D eigenvalue weighted by atomic mass is 19.1. The SMILES string of the molecule is O=C(C1CC1)N1CCC(NCc2cc(O)cc(F)c2)CC1. The van der Waals surface area contributed by atoms with E-state index in [-0.39, 0.29) is 5.75 Å². The Hall–Kier alpha value is -1.62. The summed E-state index contributed by atoms with van der Waals surface area (Å²) in [6.45, 7) is 2.15. The van der Waals surface area contributed by atoms with Gasteiger partial charge < -0.3 is 15.3 Å². The third kappa shape index (κ3) is 3.73. The molecule has 1 amide bonds. The molecule has 2 N–H and O–H groups in total. The van der Waals surface area contributed by atoms with Gasteiger partial charge in [-0.2, -0.15) is 0 Å². The Morgan fingerprint density at radius 3 is 2.57 bits per heavy atom. The predicted octanol–water partition coefficient (Wildman–Crippen LogP) is 2.02. The fraction of sp³-hybridized carbons (Fsp3) is 0.562. The average Bonchev–Trinajstić information content (AvgIpc) is 3.28. The summed E-state index contributed by atoms with van der Waals surface area (Å²) in [5.74, 6) is 0.154. The number of nitrogens with zero attached hydrogens (tertiary/aromatic N) is 1. The van der Waals surface area contributed by atoms with Gasteiger partial charge in [-0.3, -0.25) is 4.79 Å². The lowest BCUT2D eigenvalue weighted by Gasteiger charge is -2.32. The van der Waals surface area contributed by atoms with E-state index in [1.807, 2.05) is 4.90 Å². The fourth-order valence-electron chi connectivity index (χ4n) is 2.89. The molecule has 1 heterocycles. The molecule has 0 atom stereocenters. The minimum atomic E-state index is -0.420. The maximum absolute atomic E-state index is 13.2. The molecule has 4 nitrogen and oxygen atoms in total. The molecule has 1 aromatic rings. The standard InChI is InChI=1S/C16H21FN2O2/c17-13-7-11(8-15(20)9-13)10-18-14-3-5-19(6-4-14)16(21)12-1-2-12/h7-9,12,14,18,20H,1-6,10H2. The van der Waals surface area contributed by atoms with Crippen LogP contribution in [0, 0.1) is 11.7 Å². The van der Waals surface area contributed by atoms with E-state index >= 15 is 0 Å². The van der Waals surface area contributed by atoms with Crippen molar-refractivity contribution >= 4 is 5.91 Å². The van der Waals surface area contributed by atoms with Crippen LogP contribution in [0.2, 0.25) is 0 Å². The predicted molar refractivity (Wildman–Crippen MR) is 77.2 cm³/mol. The maximum Gasteiger partial charge on any atom is 0.225 e. The molecule has 2 aliphatic rings. The van der Waals surface area contributed by atoms with Crippen LogP contribution in [0.25, 0.3) is 0 Å². The van der Waals surface area contributed by atoms with Crippen LogP contribution in [0.3, 0.4) is 0 Å². The number of likely N-dealkylation sites (tertiary alicyclic amines) is 1. The van der Waals surface area contributed by atoms with Gasteiger partial charge in [-0.25, -0.2) is 4.39 Å². The smallest absolute Gasteiger partial charge is 0.225 e. The summed E-state index contributed by atoms with van der Waals surface area (Å²) in [6, 6.07) is 4.45. The molecule has 1 saturated heterocycles. The van der Waals surface area contributed by atoms with Crippen molar-refractivity contribution in [2.24, 2.45) is 5.92 Å². The van der Waals surface area contributed by atoms with Gasteiger partial charge >= 0.3 is 0 Å². The number of hydrogen-bond acceptors (Lipinski definition) is 3. The number of carbonyl (C=O) groups is 1. The first-order chi connectivity index (χ1) is 10.1. The lowest BCUT2D eigenvalue weighted by atomic mass is 10.0. The molecule has 0 aromatic heterocycles. The van der Waals surface area contributed by atoms with Crippen LogP contribution in [-0.4, -0.2) is 35.0 Å². The van der Waals surface area contributed by atoms with Gasteiger partial charge in [0.15, 0.2) is 0 Å². The van der Waals surface area contributed by atoms with Crippen LogP contribution in [0.15, 0.2) is 18.2 Å². The zero-order valence-electron chi connectivity index (χ0n) is 12.0. The summed E-state index contributed by atoms with van der Waals surface area (Å²) in [7, 11) is 0. The second-order valence-corrected chi connectivity index (χ2v) is 6.07. The second kappa shape index (κ2) is 6.02. The summed E-state index contributed by atoms with van der Waals surface area (Å²) >= 11 is 0. The van der Waals surface area contributed by atoms with Crippen molar-refractivity contribution in [2.45, 2.75) is 38.3 Å². The van der Waals surface area contributed by atoms with Crippen molar-refractivity contribution in [3.8, 4) is 5.75 Å². The Labute approximate surface area is 124 Å². The molecule has 5 heteroatoms. The fourth-order valence-corrected chi connectivity index (χ4v) is 2.89. The highest BCUT2D eigenvalue weighted by Gasteiger charge is 2.34. The lowest BCUT2D eigenvalue weighted by molar-refractivity contribution is -0.133. The quantitative estimate of drug-likeness (QED) is 0.892. The molecule has 0 bridgehead atoms. The average molecular weight is 292 g/mol. The molecule has 1 aromatic carbocycles. The topological polar surface area (TPSA) is 52.6 Å². The van der Waals surface area contributed by atoms with Crippen molar-refractivity contribution in [3.63, 3.8) is 0 Å². The van der Waals surface area contributed by atoms with E-state index in [1.54, 1.807) is 6.07 Å². The Morgan fingerprint density at radius 1 is 1.24 bits per heavy atom. The van der Waals surface area contributed by atoms with E-state index in [1.165, 1.54) is 6.07 Å². The molecule has 21 heavy (non-hydrogen) atoms. The molecule has 114 valence electrons. The number of hydrogen-bond donors (Lipinski definition) is 2. The van der Waals surface area contributed by atoms with E-state index in [9.17, 15) is 14.3 Å². The van der Waals surface area contributed by atoms with Gasteiger partial charge in [0.25, 0.3) is 0 Å². The molecule has 3 rings (SSSR count). The minimum Gasteiger partial charge on any atom is -0.508 e. The highest BCUT2D eigenvalue weighted by Crippen LogP contribution is 2.31. The number of phenols is 1. The molecule has 0 radical (unpaired) electrons. The summed E-state index contributed by atoms with van der Waals surface area (Å²) in [4.78, 5) is 13.9. The Bertz CT molecular complexity index is 503. The number of rotatable bonds is 4. The van der Waals surface area contributed by atoms with Crippen LogP contribution in [0.4, 0.5) is 4.39 Å². The van der Waals surface area contributed by atoms with Gasteiger partial charge in [0.1, 0.15) is 11.6 Å². The summed E-state index contributed by atoms with van der Waals surface area (Å²) in [5, 5.41) is 12.8. The van der Waals surface area contributed by atoms with Crippen molar-refractivity contribution in [1.82, 2.24) is 10.2 Å². The van der Waals surface area contributed by atoms with Gasteiger partial charge in [-0.05, 0) is 43.4 Å². The van der Waals surface area contributed by atoms with Crippen molar-refractivity contribution in [1.29, 1.82) is 0 Å². The van der Waals surface area contributed by atoms with E-state index in [2.05, 4.69) is 5.32 Å². The van der Waals surface area contributed by atoms with Crippen molar-refractivity contribution < 1.29 is 14.3 Å². The Kier molecular flexibility index (Phi) is 4.10. The monoisotopic (exact) mass is 292 g/mol. The third-order valence-electron chi connectivity index (χ3n) is 4.27. The second-order valence-electron chi connectivity index (χ2n) is 6.07. The molecule has 0 unspecified atom stereocenters. The largest absolute Gasteiger partial charge is 0.508 e. The van der Waals surface area contributed by atoms with E-state index in [0.717, 1.165) is 50.4 Å². The summed E-state index contributed by atoms with van der Waals surface area (Å²) < 4.78 is 13.2. The summed E-state index contributed by atoms with van der Waals surface area (Å²) in [6.07, 6.45) is 3.97. The Balaban J connectivity index is 1.45. The normalized spacial score (nSPS) is 19.8. The van der Waals surface area contributed by atoms with Gasteiger partial charge in [0.2, 0.25) is 5.91 Å². The molecule has 2 fully saturated rings. The van der Waals surface area contributed by atoms with Gasteiger partial charge in [-0.15, -0.1) is 0 Å². The first kappa shape index (κ1) is 14.3. The van der Waals surface area contributed by atoms with E-state index in [4.69, 9.17) is 0 Å². The number of piperidine rings is 1. The van der Waals surface area contributed by atoms with E-state index < -0.39 is 5.82 Å². The third-order valence-corrected chi connectivity index (χ3v) is 4.27. The molecule has 1 aliphatic heterocycles. The number of nitrogens with one attached hydrogen (secondary N) is 1. The van der Waals surface area contributed by atoms with Crippen molar-refractivity contribution in [2.75, 3.05) is 13.1 Å². The number of phenolic OH excluding ortho intramolecular Hbond substituents is 1. The number of amides is 1. The van der Waals surface area contributed by atoms with Crippen LogP contribution in [-0.2, 0) is 11.3 Å². The van der Waals surface area contributed by atoms with Crippen LogP contribution in [0.5, 0.6) is 5.75 Å². The highest BCUT2D eigenvalue weighted by molar-refractivity contribution is 5.81. The lowest BCUT2D eigenvalue weighted by Crippen LogP contribution is -2.45. The number of benzene rings is 1. The molecule has 1 saturated carbocycles. The molecular formula is C16H21FN2O2. The minimum absolute atomic E-state index is 0.0448. The maximum atomic E-state index is 13.2. The van der Waals surface area contributed by atoms with Gasteiger partial charge in [-0.1, -0.05) is 0 Å². The van der Waals surface area contributed by atoms with Crippen molar-refractivity contribution in [3.05, 3.63) is 29.6 Å². The number of halogens is 1. The molecule has 0 spiro atoms. The number of carbonyl (C=O) groups excluding carboxylic acids is 1. The van der Waals surface area contributed by atoms with Crippen LogP contribution in [0.1, 0.15) is 31.2 Å².